The van der Waals surface area contributed by atoms with Crippen LogP contribution in [0.2, 0.25) is 0 Å². The number of phenolic OH excluding ortho intramolecular Hbond substituents is 1. The number of hydrogen-bond donors (Lipinski definition) is 1. The first-order chi connectivity index (χ1) is 10.1. The number of fused-ring (bicyclic) bond motifs is 1. The zero-order valence-corrected chi connectivity index (χ0v) is 12.8. The number of hydrogen-bond acceptors (Lipinski definition) is 3. The van der Waals surface area contributed by atoms with Gasteiger partial charge in [-0.2, -0.15) is 11.3 Å². The number of rotatable bonds is 2. The van der Waals surface area contributed by atoms with Crippen LogP contribution in [0.1, 0.15) is 16.7 Å². The van der Waals surface area contributed by atoms with Crippen molar-refractivity contribution >= 4 is 17.2 Å². The Kier molecular flexibility index (Phi) is 4.37. The van der Waals surface area contributed by atoms with Crippen LogP contribution in [0.4, 0.5) is 0 Å². The van der Waals surface area contributed by atoms with E-state index in [9.17, 15) is 15.2 Å². The van der Waals surface area contributed by atoms with Crippen LogP contribution in [0.3, 0.4) is 0 Å². The predicted octanol–water partition coefficient (Wildman–Crippen LogP) is 2.97. The minimum atomic E-state index is -0.129. The van der Waals surface area contributed by atoms with Gasteiger partial charge in [-0.25, -0.2) is 0 Å². The molecule has 0 fully saturated rings. The number of nitrogens with zero attached hydrogens (tertiary/aromatic N) is 2. The normalized spacial score (nSPS) is 10.0. The first kappa shape index (κ1) is 15.8. The Labute approximate surface area is 138 Å². The quantitative estimate of drug-likeness (QED) is 0.580. The van der Waals surface area contributed by atoms with Crippen molar-refractivity contribution in [3.63, 3.8) is 0 Å². The molecule has 1 radical (unpaired) electrons. The molecule has 3 rings (SSSR count). The Morgan fingerprint density at radius 1 is 1.23 bits per heavy atom. The molecule has 0 saturated heterocycles. The van der Waals surface area contributed by atoms with E-state index in [0.717, 1.165) is 16.5 Å². The second kappa shape index (κ2) is 6.07. The van der Waals surface area contributed by atoms with Crippen molar-refractivity contribution in [2.24, 2.45) is 0 Å². The molecule has 1 heterocycles. The van der Waals surface area contributed by atoms with Gasteiger partial charge in [-0.15, -0.1) is 5.56 Å². The van der Waals surface area contributed by atoms with Crippen LogP contribution in [0, 0.1) is 18.3 Å². The van der Waals surface area contributed by atoms with E-state index >= 15 is 0 Å². The van der Waals surface area contributed by atoms with Crippen molar-refractivity contribution < 1.29 is 27.0 Å². The molecule has 109 valence electrons. The Balaban J connectivity index is 0.00000176. The molecule has 4 nitrogen and oxygen atoms in total. The number of nitriles is 1. The first-order valence-corrected chi connectivity index (χ1v) is 6.37. The van der Waals surface area contributed by atoms with Gasteiger partial charge in [-0.05, 0) is 18.6 Å². The van der Waals surface area contributed by atoms with Crippen LogP contribution in [0.5, 0.6) is 5.75 Å². The molecule has 2 aromatic carbocycles. The number of phenols is 1. The summed E-state index contributed by atoms with van der Waals surface area (Å²) in [6.07, 6.45) is 3.40. The average molecular weight is 330 g/mol. The summed E-state index contributed by atoms with van der Waals surface area (Å²) in [7, 11) is 0. The molecule has 0 aliphatic rings. The molecule has 0 atom stereocenters. The Morgan fingerprint density at radius 3 is 2.64 bits per heavy atom. The van der Waals surface area contributed by atoms with Crippen molar-refractivity contribution in [3.8, 4) is 17.5 Å². The summed E-state index contributed by atoms with van der Waals surface area (Å²) in [5.41, 5.74) is 3.33. The average Bonchev–Trinajstić information content (AvgIpc) is 2.85. The molecule has 0 aliphatic heterocycles. The van der Waals surface area contributed by atoms with Crippen molar-refractivity contribution in [2.75, 3.05) is 0 Å². The molecule has 5 heteroatoms. The number of benzene rings is 2. The second-order valence-corrected chi connectivity index (χ2v) is 4.85. The van der Waals surface area contributed by atoms with Gasteiger partial charge in [0.1, 0.15) is 6.07 Å². The minimum absolute atomic E-state index is 0. The van der Waals surface area contributed by atoms with Crippen molar-refractivity contribution in [1.29, 1.82) is 5.26 Å². The van der Waals surface area contributed by atoms with Gasteiger partial charge in [-0.3, -0.25) is 0 Å². The topological polar surface area (TPSA) is 66.0 Å². The van der Waals surface area contributed by atoms with Crippen LogP contribution >= 0.6 is 0 Å². The molecule has 0 unspecified atom stereocenters. The third-order valence-electron chi connectivity index (χ3n) is 3.45. The fourth-order valence-corrected chi connectivity index (χ4v) is 2.40. The van der Waals surface area contributed by atoms with Gasteiger partial charge in [0.25, 0.3) is 0 Å². The van der Waals surface area contributed by atoms with Crippen molar-refractivity contribution in [3.05, 3.63) is 59.3 Å². The fraction of sp³-hybridized carbons (Fsp3) is 0.0588. The molecule has 22 heavy (non-hydrogen) atoms. The summed E-state index contributed by atoms with van der Waals surface area (Å²) >= 11 is 0. The summed E-state index contributed by atoms with van der Waals surface area (Å²) in [5.74, 6) is -0.129. The molecule has 0 amide bonds. The van der Waals surface area contributed by atoms with Gasteiger partial charge < -0.3 is 14.5 Å². The van der Waals surface area contributed by atoms with Gasteiger partial charge in [-0.1, -0.05) is 24.3 Å². The minimum Gasteiger partial charge on any atom is -0.565 e. The fourth-order valence-electron chi connectivity index (χ4n) is 2.40. The van der Waals surface area contributed by atoms with E-state index < -0.39 is 0 Å². The summed E-state index contributed by atoms with van der Waals surface area (Å²) in [6.45, 7) is 1.98. The van der Waals surface area contributed by atoms with E-state index in [1.54, 1.807) is 18.5 Å². The van der Waals surface area contributed by atoms with Crippen LogP contribution in [0.25, 0.3) is 16.6 Å². The van der Waals surface area contributed by atoms with Gasteiger partial charge in [0.2, 0.25) is 0 Å². The van der Waals surface area contributed by atoms with E-state index in [1.165, 1.54) is 12.1 Å². The first-order valence-electron chi connectivity index (χ1n) is 6.37. The van der Waals surface area contributed by atoms with Crippen molar-refractivity contribution in [1.82, 2.24) is 4.57 Å². The molecule has 3 aromatic rings. The Bertz CT molecular complexity index is 907. The Hall–Kier alpha value is -2.54. The molecular weight excluding hydrogens is 319 g/mol. The molecule has 1 aromatic heterocycles. The van der Waals surface area contributed by atoms with Gasteiger partial charge in [0.15, 0.2) is 0 Å². The van der Waals surface area contributed by atoms with E-state index in [-0.39, 0.29) is 28.4 Å². The smallest absolute Gasteiger partial charge is 0.101 e. The number of aryl methyl sites for hydroxylation is 1. The third kappa shape index (κ3) is 2.50. The van der Waals surface area contributed by atoms with Gasteiger partial charge in [0.05, 0.1) is 17.4 Å². The molecule has 0 aliphatic carbocycles. The molecule has 1 N–H and O–H groups in total. The predicted molar refractivity (Wildman–Crippen MR) is 79.2 cm³/mol. The summed E-state index contributed by atoms with van der Waals surface area (Å²) in [6, 6.07) is 12.7. The SMILES string of the molecule is Cc1ccc2c(C#N)cn(-c3ccc([C-]=O)c(O)c3)c2c1.[Mn]. The van der Waals surface area contributed by atoms with Crippen LogP contribution in [-0.2, 0) is 21.9 Å². The van der Waals surface area contributed by atoms with Crippen LogP contribution in [0.15, 0.2) is 42.6 Å². The maximum absolute atomic E-state index is 10.6. The summed E-state index contributed by atoms with van der Waals surface area (Å²) in [4.78, 5) is 10.6. The molecule has 0 bridgehead atoms. The number of aromatic nitrogens is 1. The number of aromatic hydroxyl groups is 1. The maximum atomic E-state index is 10.6. The van der Waals surface area contributed by atoms with Crippen LogP contribution < -0.4 is 0 Å². The third-order valence-corrected chi connectivity index (χ3v) is 3.45. The van der Waals surface area contributed by atoms with E-state index in [1.807, 2.05) is 29.7 Å². The van der Waals surface area contributed by atoms with Gasteiger partial charge >= 0.3 is 0 Å². The molecular formula is C17H11MnN2O2-. The summed E-state index contributed by atoms with van der Waals surface area (Å²) in [5, 5.41) is 19.9. The van der Waals surface area contributed by atoms with E-state index in [0.29, 0.717) is 11.3 Å². The van der Waals surface area contributed by atoms with Gasteiger partial charge in [0, 0.05) is 40.1 Å². The van der Waals surface area contributed by atoms with E-state index in [2.05, 4.69) is 6.07 Å². The maximum Gasteiger partial charge on any atom is 0.101 e. The molecule has 0 saturated carbocycles. The van der Waals surface area contributed by atoms with Crippen molar-refractivity contribution in [2.45, 2.75) is 6.92 Å². The van der Waals surface area contributed by atoms with Crippen LogP contribution in [-0.4, -0.2) is 16.0 Å². The standard InChI is InChI=1S/C17H11N2O2.Mn/c1-11-2-5-15-13(8-18)9-19(16(15)6-11)14-4-3-12(10-20)17(21)7-14;/h2-7,9,21H,1H3;/q-1;. The monoisotopic (exact) mass is 330 g/mol. The van der Waals surface area contributed by atoms with E-state index in [4.69, 9.17) is 0 Å². The Morgan fingerprint density at radius 2 is 2.00 bits per heavy atom. The summed E-state index contributed by atoms with van der Waals surface area (Å²) < 4.78 is 1.83. The largest absolute Gasteiger partial charge is 0.565 e. The number of carbonyl (C=O) groups excluding carboxylic acids is 1. The second-order valence-electron chi connectivity index (χ2n) is 4.85. The zero-order valence-electron chi connectivity index (χ0n) is 11.7. The zero-order chi connectivity index (χ0) is 15.0. The molecule has 0 spiro atoms.